The van der Waals surface area contributed by atoms with Gasteiger partial charge in [0.15, 0.2) is 5.11 Å². The molecule has 2 N–H and O–H groups in total. The van der Waals surface area contributed by atoms with Crippen LogP contribution < -0.4 is 10.6 Å². The Hall–Kier alpha value is 0.0400. The molecule has 0 bridgehead atoms. The average Bonchev–Trinajstić information content (AvgIpc) is 2.64. The third kappa shape index (κ3) is 4.72. The first-order valence-corrected chi connectivity index (χ1v) is 6.48. The first kappa shape index (κ1) is 11.1. The fraction of sp³-hybridized carbons (Fsp3) is 0.889. The molecule has 13 heavy (non-hydrogen) atoms. The summed E-state index contributed by atoms with van der Waals surface area (Å²) in [6.45, 7) is 4.16. The predicted octanol–water partition coefficient (Wildman–Crippen LogP) is 1.61. The Labute approximate surface area is 90.2 Å². The molecular weight excluding hydrogens is 200 g/mol. The van der Waals surface area contributed by atoms with Crippen LogP contribution in [0.25, 0.3) is 0 Å². The Bertz CT molecular complexity index is 156. The van der Waals surface area contributed by atoms with Crippen LogP contribution in [0.4, 0.5) is 0 Å². The van der Waals surface area contributed by atoms with Crippen LogP contribution in [-0.2, 0) is 0 Å². The summed E-state index contributed by atoms with van der Waals surface area (Å²) in [4.78, 5) is 0. The summed E-state index contributed by atoms with van der Waals surface area (Å²) in [5.41, 5.74) is 0. The summed E-state index contributed by atoms with van der Waals surface area (Å²) in [5.74, 6) is 3.44. The quantitative estimate of drug-likeness (QED) is 0.700. The summed E-state index contributed by atoms with van der Waals surface area (Å²) in [6.07, 6.45) is 2.47. The highest BCUT2D eigenvalue weighted by Gasteiger charge is 2.14. The van der Waals surface area contributed by atoms with Gasteiger partial charge in [-0.3, -0.25) is 0 Å². The maximum Gasteiger partial charge on any atom is 0.166 e. The van der Waals surface area contributed by atoms with Crippen LogP contribution >= 0.6 is 24.0 Å². The van der Waals surface area contributed by atoms with Crippen LogP contribution in [0.2, 0.25) is 0 Å². The summed E-state index contributed by atoms with van der Waals surface area (Å²) in [5, 5.41) is 7.25. The zero-order valence-corrected chi connectivity index (χ0v) is 9.77. The number of hydrogen-bond donors (Lipinski definition) is 2. The lowest BCUT2D eigenvalue weighted by molar-refractivity contribution is 0.577. The van der Waals surface area contributed by atoms with E-state index in [9.17, 15) is 0 Å². The molecule has 0 amide bonds. The Morgan fingerprint density at radius 1 is 1.54 bits per heavy atom. The molecule has 0 saturated carbocycles. The second-order valence-corrected chi connectivity index (χ2v) is 4.92. The van der Waals surface area contributed by atoms with Crippen molar-refractivity contribution >= 4 is 29.1 Å². The normalized spacial score (nSPS) is 21.5. The highest BCUT2D eigenvalue weighted by atomic mass is 32.2. The number of thioether (sulfide) groups is 1. The smallest absolute Gasteiger partial charge is 0.166 e. The van der Waals surface area contributed by atoms with Crippen LogP contribution in [0.5, 0.6) is 0 Å². The van der Waals surface area contributed by atoms with E-state index in [2.05, 4.69) is 17.6 Å². The molecule has 0 aromatic heterocycles. The van der Waals surface area contributed by atoms with Crippen LogP contribution in [0.1, 0.15) is 19.8 Å². The van der Waals surface area contributed by atoms with Gasteiger partial charge in [-0.15, -0.1) is 0 Å². The number of nitrogens with one attached hydrogen (secondary N) is 2. The second-order valence-electron chi connectivity index (χ2n) is 3.37. The first-order chi connectivity index (χ1) is 6.33. The molecule has 0 aromatic carbocycles. The van der Waals surface area contributed by atoms with Crippen molar-refractivity contribution in [1.82, 2.24) is 10.6 Å². The van der Waals surface area contributed by atoms with Gasteiger partial charge in [0.1, 0.15) is 0 Å². The van der Waals surface area contributed by atoms with Gasteiger partial charge in [-0.25, -0.2) is 0 Å². The lowest BCUT2D eigenvalue weighted by atomic mass is 10.1. The minimum Gasteiger partial charge on any atom is -0.363 e. The van der Waals surface area contributed by atoms with E-state index in [1.807, 2.05) is 11.8 Å². The van der Waals surface area contributed by atoms with E-state index in [-0.39, 0.29) is 0 Å². The lowest BCUT2D eigenvalue weighted by Gasteiger charge is -2.12. The van der Waals surface area contributed by atoms with Crippen molar-refractivity contribution < 1.29 is 0 Å². The topological polar surface area (TPSA) is 24.1 Å². The van der Waals surface area contributed by atoms with Crippen molar-refractivity contribution in [2.75, 3.05) is 24.6 Å². The monoisotopic (exact) mass is 218 g/mol. The van der Waals surface area contributed by atoms with Gasteiger partial charge in [0, 0.05) is 13.1 Å². The van der Waals surface area contributed by atoms with Crippen molar-refractivity contribution in [2.45, 2.75) is 19.8 Å². The van der Waals surface area contributed by atoms with Crippen LogP contribution in [0.15, 0.2) is 0 Å². The first-order valence-electron chi connectivity index (χ1n) is 4.92. The van der Waals surface area contributed by atoms with Crippen molar-refractivity contribution in [2.24, 2.45) is 5.92 Å². The molecule has 4 heteroatoms. The van der Waals surface area contributed by atoms with Crippen molar-refractivity contribution in [3.63, 3.8) is 0 Å². The molecule has 1 heterocycles. The molecule has 1 rings (SSSR count). The lowest BCUT2D eigenvalue weighted by Crippen LogP contribution is -2.38. The fourth-order valence-electron chi connectivity index (χ4n) is 1.28. The number of thiocarbonyl (C=S) groups is 1. The molecule has 1 unspecified atom stereocenters. The predicted molar refractivity (Wildman–Crippen MR) is 64.3 cm³/mol. The molecule has 0 aliphatic carbocycles. The molecule has 0 aromatic rings. The summed E-state index contributed by atoms with van der Waals surface area (Å²) in [7, 11) is 0. The highest BCUT2D eigenvalue weighted by Crippen LogP contribution is 2.22. The Morgan fingerprint density at radius 2 is 2.38 bits per heavy atom. The Kier molecular flexibility index (Phi) is 5.55. The zero-order valence-electron chi connectivity index (χ0n) is 8.14. The van der Waals surface area contributed by atoms with Crippen molar-refractivity contribution in [1.29, 1.82) is 0 Å². The summed E-state index contributed by atoms with van der Waals surface area (Å²) in [6, 6.07) is 0. The third-order valence-electron chi connectivity index (χ3n) is 2.11. The molecule has 1 aliphatic rings. The summed E-state index contributed by atoms with van der Waals surface area (Å²) < 4.78 is 0. The minimum atomic E-state index is 0.818. The maximum atomic E-state index is 5.13. The zero-order chi connectivity index (χ0) is 9.52. The summed E-state index contributed by atoms with van der Waals surface area (Å²) >= 11 is 7.17. The van der Waals surface area contributed by atoms with E-state index in [4.69, 9.17) is 12.2 Å². The molecule has 2 nitrogen and oxygen atoms in total. The largest absolute Gasteiger partial charge is 0.363 e. The van der Waals surface area contributed by atoms with E-state index in [1.165, 1.54) is 17.9 Å². The van der Waals surface area contributed by atoms with Gasteiger partial charge in [0.25, 0.3) is 0 Å². The minimum absolute atomic E-state index is 0.818. The van der Waals surface area contributed by atoms with Gasteiger partial charge in [-0.1, -0.05) is 6.92 Å². The van der Waals surface area contributed by atoms with Gasteiger partial charge in [-0.2, -0.15) is 11.8 Å². The average molecular weight is 218 g/mol. The maximum absolute atomic E-state index is 5.13. The van der Waals surface area contributed by atoms with Gasteiger partial charge in [0.05, 0.1) is 0 Å². The third-order valence-corrected chi connectivity index (χ3v) is 3.63. The second kappa shape index (κ2) is 6.49. The SMILES string of the molecule is CCCNC(=S)NCC1CCSC1. The molecule has 1 aliphatic heterocycles. The van der Waals surface area contributed by atoms with E-state index >= 15 is 0 Å². The fourth-order valence-corrected chi connectivity index (χ4v) is 2.75. The molecule has 1 fully saturated rings. The Balaban J connectivity index is 2.00. The Morgan fingerprint density at radius 3 is 3.00 bits per heavy atom. The van der Waals surface area contributed by atoms with Gasteiger partial charge >= 0.3 is 0 Å². The van der Waals surface area contributed by atoms with E-state index < -0.39 is 0 Å². The standard InChI is InChI=1S/C9H18N2S2/c1-2-4-10-9(12)11-6-8-3-5-13-7-8/h8H,2-7H2,1H3,(H2,10,11,12). The number of rotatable bonds is 4. The van der Waals surface area contributed by atoms with E-state index in [0.717, 1.165) is 30.5 Å². The van der Waals surface area contributed by atoms with E-state index in [1.54, 1.807) is 0 Å². The van der Waals surface area contributed by atoms with Crippen LogP contribution in [0, 0.1) is 5.92 Å². The molecule has 76 valence electrons. The van der Waals surface area contributed by atoms with Gasteiger partial charge in [-0.05, 0) is 42.5 Å². The molecule has 1 saturated heterocycles. The molecular formula is C9H18N2S2. The highest BCUT2D eigenvalue weighted by molar-refractivity contribution is 7.99. The molecule has 0 spiro atoms. The van der Waals surface area contributed by atoms with Crippen molar-refractivity contribution in [3.05, 3.63) is 0 Å². The van der Waals surface area contributed by atoms with Gasteiger partial charge < -0.3 is 10.6 Å². The molecule has 0 radical (unpaired) electrons. The van der Waals surface area contributed by atoms with Crippen molar-refractivity contribution in [3.8, 4) is 0 Å². The van der Waals surface area contributed by atoms with Crippen LogP contribution in [0.3, 0.4) is 0 Å². The van der Waals surface area contributed by atoms with Gasteiger partial charge in [0.2, 0.25) is 0 Å². The van der Waals surface area contributed by atoms with E-state index in [0.29, 0.717) is 0 Å². The van der Waals surface area contributed by atoms with Crippen LogP contribution in [-0.4, -0.2) is 29.7 Å². The number of hydrogen-bond acceptors (Lipinski definition) is 2. The molecule has 1 atom stereocenters.